The minimum Gasteiger partial charge on any atom is -0.491 e. The highest BCUT2D eigenvalue weighted by Gasteiger charge is 2.41. The Morgan fingerprint density at radius 3 is 1.47 bits per heavy atom. The number of hydrogen-bond acceptors (Lipinski definition) is 4. The molecule has 0 fully saturated rings. The van der Waals surface area contributed by atoms with E-state index in [1.54, 1.807) is 31.4 Å². The van der Waals surface area contributed by atoms with Crippen molar-refractivity contribution in [2.45, 2.75) is 28.7 Å². The normalized spacial score (nSPS) is 12.0. The summed E-state index contributed by atoms with van der Waals surface area (Å²) in [6, 6.07) is 27.1. The van der Waals surface area contributed by atoms with E-state index >= 15 is 0 Å². The Labute approximate surface area is 225 Å². The number of rotatable bonds is 7. The van der Waals surface area contributed by atoms with Gasteiger partial charge in [0.15, 0.2) is 0 Å². The van der Waals surface area contributed by atoms with Gasteiger partial charge in [0.1, 0.15) is 12.4 Å². The third-order valence-corrected chi connectivity index (χ3v) is 6.61. The summed E-state index contributed by atoms with van der Waals surface area (Å²) in [7, 11) is 1.62. The second kappa shape index (κ2) is 11.9. The van der Waals surface area contributed by atoms with Crippen molar-refractivity contribution in [3.05, 3.63) is 107 Å². The predicted molar refractivity (Wildman–Crippen MR) is 155 cm³/mol. The quantitative estimate of drug-likeness (QED) is 0.189. The molecule has 0 aromatic heterocycles. The molecule has 0 saturated carbocycles. The fourth-order valence-electron chi connectivity index (χ4n) is 4.95. The number of nitrogens with zero attached hydrogens (tertiary/aromatic N) is 1. The summed E-state index contributed by atoms with van der Waals surface area (Å²) < 4.78 is 10.6. The number of carbonyl (C=O) groups excluding carboxylic acids is 2. The van der Waals surface area contributed by atoms with Gasteiger partial charge in [-0.05, 0) is 71.5 Å². The van der Waals surface area contributed by atoms with Crippen LogP contribution in [-0.4, -0.2) is 32.1 Å². The standard InChI is InChI=1S/C31H27NO4.2CH4/c1-20-26(22-10-6-4-7-11-22)27(23-12-8-5-9-13-23)21(2)29-28(20)30(33)32(31(29)34)24-14-16-25(17-15-24)36-19-18-35-3;;/h4-17H,18-19H2,1-3H3;2*1H4. The summed E-state index contributed by atoms with van der Waals surface area (Å²) in [6.45, 7) is 4.78. The number of methoxy groups -OCH3 is 1. The van der Waals surface area contributed by atoms with Gasteiger partial charge in [-0.2, -0.15) is 0 Å². The molecular formula is C33H35NO4. The lowest BCUT2D eigenvalue weighted by atomic mass is 9.82. The first kappa shape index (κ1) is 28.4. The Bertz CT molecular complexity index is 1340. The Morgan fingerprint density at radius 2 is 1.05 bits per heavy atom. The van der Waals surface area contributed by atoms with Crippen molar-refractivity contribution in [1.82, 2.24) is 0 Å². The van der Waals surface area contributed by atoms with Gasteiger partial charge < -0.3 is 9.47 Å². The summed E-state index contributed by atoms with van der Waals surface area (Å²) >= 11 is 0. The first-order chi connectivity index (χ1) is 17.5. The van der Waals surface area contributed by atoms with Crippen LogP contribution in [0.5, 0.6) is 5.75 Å². The van der Waals surface area contributed by atoms with Crippen molar-refractivity contribution in [3.8, 4) is 28.0 Å². The van der Waals surface area contributed by atoms with E-state index in [1.165, 1.54) is 4.90 Å². The molecule has 0 spiro atoms. The predicted octanol–water partition coefficient (Wildman–Crippen LogP) is 7.74. The van der Waals surface area contributed by atoms with E-state index in [9.17, 15) is 9.59 Å². The van der Waals surface area contributed by atoms with E-state index in [1.807, 2.05) is 74.5 Å². The number of amides is 2. The van der Waals surface area contributed by atoms with Gasteiger partial charge in [0.05, 0.1) is 23.4 Å². The topological polar surface area (TPSA) is 55.8 Å². The molecule has 1 aliphatic rings. The van der Waals surface area contributed by atoms with Gasteiger partial charge in [-0.3, -0.25) is 9.59 Å². The Balaban J connectivity index is 0.00000200. The molecule has 0 bridgehead atoms. The number of carbonyl (C=O) groups is 2. The molecule has 0 unspecified atom stereocenters. The minimum absolute atomic E-state index is 0. The Morgan fingerprint density at radius 1 is 0.605 bits per heavy atom. The SMILES string of the molecule is C.C.COCCOc1ccc(N2C(=O)c3c(C)c(-c4ccccc4)c(-c4ccccc4)c(C)c3C2=O)cc1. The first-order valence-electron chi connectivity index (χ1n) is 11.9. The van der Waals surface area contributed by atoms with Gasteiger partial charge >= 0.3 is 0 Å². The Kier molecular flexibility index (Phi) is 8.87. The van der Waals surface area contributed by atoms with Gasteiger partial charge in [-0.1, -0.05) is 75.5 Å². The van der Waals surface area contributed by atoms with Gasteiger partial charge in [0, 0.05) is 7.11 Å². The smallest absolute Gasteiger partial charge is 0.266 e. The number of ether oxygens (including phenoxy) is 2. The summed E-state index contributed by atoms with van der Waals surface area (Å²) in [6.07, 6.45) is 0. The molecule has 0 atom stereocenters. The van der Waals surface area contributed by atoms with Crippen molar-refractivity contribution < 1.29 is 19.1 Å². The number of fused-ring (bicyclic) bond motifs is 1. The van der Waals surface area contributed by atoms with Crippen LogP contribution >= 0.6 is 0 Å². The van der Waals surface area contributed by atoms with Crippen molar-refractivity contribution in [3.63, 3.8) is 0 Å². The maximum Gasteiger partial charge on any atom is 0.266 e. The van der Waals surface area contributed by atoms with Gasteiger partial charge in [0.2, 0.25) is 0 Å². The molecule has 5 heteroatoms. The molecular weight excluding hydrogens is 474 g/mol. The highest BCUT2D eigenvalue weighted by atomic mass is 16.5. The van der Waals surface area contributed by atoms with E-state index in [0.29, 0.717) is 35.8 Å². The molecule has 38 heavy (non-hydrogen) atoms. The van der Waals surface area contributed by atoms with Gasteiger partial charge in [-0.15, -0.1) is 0 Å². The zero-order valence-corrected chi connectivity index (χ0v) is 20.6. The van der Waals surface area contributed by atoms with Crippen molar-refractivity contribution in [2.75, 3.05) is 25.2 Å². The largest absolute Gasteiger partial charge is 0.491 e. The van der Waals surface area contributed by atoms with Crippen molar-refractivity contribution in [1.29, 1.82) is 0 Å². The van der Waals surface area contributed by atoms with E-state index in [4.69, 9.17) is 9.47 Å². The first-order valence-corrected chi connectivity index (χ1v) is 11.9. The molecule has 0 N–H and O–H groups in total. The summed E-state index contributed by atoms with van der Waals surface area (Å²) in [4.78, 5) is 28.8. The maximum atomic E-state index is 13.8. The van der Waals surface area contributed by atoms with Crippen LogP contribution in [-0.2, 0) is 4.74 Å². The van der Waals surface area contributed by atoms with E-state index in [0.717, 1.165) is 33.4 Å². The van der Waals surface area contributed by atoms with Gasteiger partial charge in [-0.25, -0.2) is 4.90 Å². The van der Waals surface area contributed by atoms with Crippen LogP contribution < -0.4 is 9.64 Å². The van der Waals surface area contributed by atoms with Gasteiger partial charge in [0.25, 0.3) is 11.8 Å². The van der Waals surface area contributed by atoms with Crippen LogP contribution in [0.3, 0.4) is 0 Å². The highest BCUT2D eigenvalue weighted by molar-refractivity contribution is 6.36. The second-order valence-electron chi connectivity index (χ2n) is 8.76. The summed E-state index contributed by atoms with van der Waals surface area (Å²) in [5.41, 5.74) is 7.04. The number of hydrogen-bond donors (Lipinski definition) is 0. The molecule has 4 aromatic rings. The van der Waals surface area contributed by atoms with E-state index in [-0.39, 0.29) is 26.7 Å². The summed E-state index contributed by atoms with van der Waals surface area (Å²) in [5.74, 6) is 0.0402. The van der Waals surface area contributed by atoms with Crippen LogP contribution in [0.25, 0.3) is 22.3 Å². The van der Waals surface area contributed by atoms with E-state index < -0.39 is 0 Å². The van der Waals surface area contributed by atoms with Crippen molar-refractivity contribution >= 4 is 17.5 Å². The fourth-order valence-corrected chi connectivity index (χ4v) is 4.95. The van der Waals surface area contributed by atoms with Crippen LogP contribution in [0.4, 0.5) is 5.69 Å². The molecule has 196 valence electrons. The third-order valence-electron chi connectivity index (χ3n) is 6.61. The molecule has 1 aliphatic heterocycles. The van der Waals surface area contributed by atoms with Crippen molar-refractivity contribution in [2.24, 2.45) is 0 Å². The molecule has 5 rings (SSSR count). The number of imide groups is 1. The monoisotopic (exact) mass is 509 g/mol. The molecule has 0 saturated heterocycles. The molecule has 2 amide bonds. The highest BCUT2D eigenvalue weighted by Crippen LogP contribution is 2.44. The van der Waals surface area contributed by atoms with Crippen LogP contribution in [0.2, 0.25) is 0 Å². The molecule has 0 aliphatic carbocycles. The average molecular weight is 510 g/mol. The fraction of sp³-hybridized carbons (Fsp3) is 0.212. The third kappa shape index (κ3) is 4.85. The molecule has 5 nitrogen and oxygen atoms in total. The van der Waals surface area contributed by atoms with E-state index in [2.05, 4.69) is 0 Å². The molecule has 0 radical (unpaired) electrons. The Hall–Kier alpha value is -4.22. The molecule has 4 aromatic carbocycles. The van der Waals surface area contributed by atoms with Crippen LogP contribution in [0.15, 0.2) is 84.9 Å². The van der Waals surface area contributed by atoms with Crippen LogP contribution in [0, 0.1) is 13.8 Å². The maximum absolute atomic E-state index is 13.8. The lowest BCUT2D eigenvalue weighted by molar-refractivity contribution is 0.0926. The number of anilines is 1. The zero-order valence-electron chi connectivity index (χ0n) is 20.6. The second-order valence-corrected chi connectivity index (χ2v) is 8.76. The summed E-state index contributed by atoms with van der Waals surface area (Å²) in [5, 5.41) is 0. The lowest BCUT2D eigenvalue weighted by Gasteiger charge is -2.19. The minimum atomic E-state index is -0.305. The lowest BCUT2D eigenvalue weighted by Crippen LogP contribution is -2.29. The zero-order chi connectivity index (χ0) is 25.2. The van der Waals surface area contributed by atoms with Crippen LogP contribution in [0.1, 0.15) is 46.7 Å². The molecule has 1 heterocycles. The average Bonchev–Trinajstić information content (AvgIpc) is 3.18. The number of benzene rings is 4.